The molecule has 0 fully saturated rings. The van der Waals surface area contributed by atoms with E-state index in [4.69, 9.17) is 4.74 Å². The fraction of sp³-hybridized carbons (Fsp3) is 0.208. The number of anilines is 1. The molecule has 3 aromatic carbocycles. The summed E-state index contributed by atoms with van der Waals surface area (Å²) in [5.41, 5.74) is 5.83. The molecule has 0 saturated heterocycles. The maximum absolute atomic E-state index is 11.9. The van der Waals surface area contributed by atoms with Gasteiger partial charge in [0.1, 0.15) is 5.75 Å². The van der Waals surface area contributed by atoms with Crippen molar-refractivity contribution in [1.29, 1.82) is 0 Å². The van der Waals surface area contributed by atoms with Crippen LogP contribution in [-0.2, 0) is 6.42 Å². The van der Waals surface area contributed by atoms with Crippen molar-refractivity contribution >= 4 is 11.7 Å². The first-order valence-corrected chi connectivity index (χ1v) is 9.52. The third-order valence-corrected chi connectivity index (χ3v) is 6.14. The van der Waals surface area contributed by atoms with Crippen molar-refractivity contribution in [1.82, 2.24) is 0 Å². The van der Waals surface area contributed by atoms with E-state index in [1.165, 1.54) is 11.1 Å². The number of nitrogens with one attached hydrogen (secondary N) is 1. The number of methoxy groups -OCH3 is 1. The Labute approximate surface area is 163 Å². The molecule has 0 bridgehead atoms. The van der Waals surface area contributed by atoms with Crippen LogP contribution in [0.25, 0.3) is 0 Å². The van der Waals surface area contributed by atoms with Crippen LogP contribution in [-0.4, -0.2) is 18.2 Å². The van der Waals surface area contributed by atoms with Gasteiger partial charge in [-0.1, -0.05) is 54.6 Å². The van der Waals surface area contributed by atoms with Crippen LogP contribution in [0.1, 0.15) is 44.6 Å². The van der Waals surface area contributed by atoms with E-state index in [1.807, 2.05) is 24.3 Å². The predicted octanol–water partition coefficient (Wildman–Crippen LogP) is 4.86. The Morgan fingerprint density at radius 1 is 0.964 bits per heavy atom. The molecule has 0 spiro atoms. The minimum atomic E-state index is -0.909. The molecule has 1 aliphatic heterocycles. The first-order chi connectivity index (χ1) is 13.7. The van der Waals surface area contributed by atoms with Crippen LogP contribution in [0.5, 0.6) is 5.75 Å². The molecule has 1 heterocycles. The lowest BCUT2D eigenvalue weighted by molar-refractivity contribution is 0.0697. The molecule has 1 aliphatic carbocycles. The molecule has 3 aromatic rings. The number of fused-ring (bicyclic) bond motifs is 5. The fourth-order valence-electron chi connectivity index (χ4n) is 5.00. The van der Waals surface area contributed by atoms with E-state index in [0.717, 1.165) is 29.0 Å². The van der Waals surface area contributed by atoms with E-state index in [0.29, 0.717) is 11.5 Å². The van der Waals surface area contributed by atoms with Gasteiger partial charge in [-0.15, -0.1) is 0 Å². The number of hydrogen-bond donors (Lipinski definition) is 2. The molecule has 0 amide bonds. The number of benzene rings is 3. The van der Waals surface area contributed by atoms with Gasteiger partial charge in [-0.05, 0) is 41.2 Å². The Hall–Kier alpha value is -3.27. The average molecular weight is 371 g/mol. The normalized spacial score (nSPS) is 21.8. The summed E-state index contributed by atoms with van der Waals surface area (Å²) in [5.74, 6) is 0.380. The summed E-state index contributed by atoms with van der Waals surface area (Å²) in [6, 6.07) is 22.1. The lowest BCUT2D eigenvalue weighted by Gasteiger charge is -2.39. The van der Waals surface area contributed by atoms with E-state index in [2.05, 4.69) is 41.7 Å². The smallest absolute Gasteiger partial charge is 0.337 e. The quantitative estimate of drug-likeness (QED) is 0.690. The van der Waals surface area contributed by atoms with Gasteiger partial charge in [0.15, 0.2) is 0 Å². The van der Waals surface area contributed by atoms with Gasteiger partial charge in [0.25, 0.3) is 0 Å². The highest BCUT2D eigenvalue weighted by Crippen LogP contribution is 2.55. The second-order valence-electron chi connectivity index (χ2n) is 7.48. The lowest BCUT2D eigenvalue weighted by atomic mass is 9.75. The number of para-hydroxylation sites is 2. The summed E-state index contributed by atoms with van der Waals surface area (Å²) in [5, 5.41) is 13.4. The molecular formula is C24H21NO3. The highest BCUT2D eigenvalue weighted by molar-refractivity contribution is 5.96. The van der Waals surface area contributed by atoms with Gasteiger partial charge in [0.05, 0.1) is 24.4 Å². The molecule has 2 aliphatic rings. The van der Waals surface area contributed by atoms with Crippen molar-refractivity contribution in [3.05, 3.63) is 94.5 Å². The Morgan fingerprint density at radius 2 is 1.68 bits per heavy atom. The minimum absolute atomic E-state index is 0.0263. The number of carboxylic acids is 1. The highest BCUT2D eigenvalue weighted by Gasteiger charge is 2.44. The number of carbonyl (C=O) groups is 1. The number of carboxylic acid groups (broad SMARTS) is 1. The van der Waals surface area contributed by atoms with Crippen molar-refractivity contribution in [2.24, 2.45) is 5.92 Å². The van der Waals surface area contributed by atoms with Crippen LogP contribution in [0.15, 0.2) is 66.7 Å². The second kappa shape index (κ2) is 6.41. The molecule has 0 unspecified atom stereocenters. The molecule has 0 radical (unpaired) electrons. The zero-order valence-corrected chi connectivity index (χ0v) is 15.6. The van der Waals surface area contributed by atoms with E-state index < -0.39 is 5.97 Å². The molecule has 140 valence electrons. The zero-order chi connectivity index (χ0) is 19.3. The van der Waals surface area contributed by atoms with Crippen molar-refractivity contribution < 1.29 is 14.6 Å². The maximum Gasteiger partial charge on any atom is 0.337 e. The van der Waals surface area contributed by atoms with Crippen LogP contribution >= 0.6 is 0 Å². The summed E-state index contributed by atoms with van der Waals surface area (Å²) in [6.07, 6.45) is 0.952. The first-order valence-electron chi connectivity index (χ1n) is 9.52. The molecular weight excluding hydrogens is 350 g/mol. The van der Waals surface area contributed by atoms with Crippen LogP contribution in [0.3, 0.4) is 0 Å². The van der Waals surface area contributed by atoms with E-state index >= 15 is 0 Å². The van der Waals surface area contributed by atoms with Gasteiger partial charge < -0.3 is 15.2 Å². The molecule has 28 heavy (non-hydrogen) atoms. The van der Waals surface area contributed by atoms with Gasteiger partial charge >= 0.3 is 5.97 Å². The summed E-state index contributed by atoms with van der Waals surface area (Å²) in [4.78, 5) is 11.9. The lowest BCUT2D eigenvalue weighted by Crippen LogP contribution is -2.31. The number of aromatic carboxylic acids is 1. The monoisotopic (exact) mass is 371 g/mol. The van der Waals surface area contributed by atoms with E-state index in [9.17, 15) is 9.90 Å². The van der Waals surface area contributed by atoms with Gasteiger partial charge in [-0.2, -0.15) is 0 Å². The summed E-state index contributed by atoms with van der Waals surface area (Å²) < 4.78 is 5.63. The van der Waals surface area contributed by atoms with Gasteiger partial charge in [-0.3, -0.25) is 0 Å². The van der Waals surface area contributed by atoms with E-state index in [-0.39, 0.29) is 12.0 Å². The van der Waals surface area contributed by atoms with Gasteiger partial charge in [-0.25, -0.2) is 4.79 Å². The molecule has 4 nitrogen and oxygen atoms in total. The maximum atomic E-state index is 11.9. The Balaban J connectivity index is 1.74. The molecule has 3 atom stereocenters. The Morgan fingerprint density at radius 3 is 2.46 bits per heavy atom. The largest absolute Gasteiger partial charge is 0.496 e. The number of hydrogen-bond acceptors (Lipinski definition) is 3. The van der Waals surface area contributed by atoms with E-state index in [1.54, 1.807) is 13.2 Å². The van der Waals surface area contributed by atoms with Crippen LogP contribution in [0, 0.1) is 5.92 Å². The van der Waals surface area contributed by atoms with Crippen LogP contribution in [0.2, 0.25) is 0 Å². The molecule has 5 rings (SSSR count). The average Bonchev–Trinajstić information content (AvgIpc) is 3.12. The van der Waals surface area contributed by atoms with Crippen molar-refractivity contribution in [3.8, 4) is 5.75 Å². The molecule has 0 aromatic heterocycles. The number of ether oxygens (including phenoxy) is 1. The molecule has 0 saturated carbocycles. The summed E-state index contributed by atoms with van der Waals surface area (Å²) >= 11 is 0. The first kappa shape index (κ1) is 16.9. The van der Waals surface area contributed by atoms with Crippen LogP contribution in [0.4, 0.5) is 5.69 Å². The Bertz CT molecular complexity index is 1070. The SMILES string of the molecule is COc1ccccc1[C@@H]1Nc2c(C(=O)O)cccc2[C@H]2c3ccccc3C[C@H]21. The van der Waals surface area contributed by atoms with Crippen molar-refractivity contribution in [2.45, 2.75) is 18.4 Å². The summed E-state index contributed by atoms with van der Waals surface area (Å²) in [6.45, 7) is 0. The highest BCUT2D eigenvalue weighted by atomic mass is 16.5. The third kappa shape index (κ3) is 2.41. The van der Waals surface area contributed by atoms with Crippen molar-refractivity contribution in [3.63, 3.8) is 0 Å². The predicted molar refractivity (Wildman–Crippen MR) is 108 cm³/mol. The fourth-order valence-corrected chi connectivity index (χ4v) is 5.00. The van der Waals surface area contributed by atoms with Gasteiger partial charge in [0, 0.05) is 11.5 Å². The Kier molecular flexibility index (Phi) is 3.86. The minimum Gasteiger partial charge on any atom is -0.496 e. The topological polar surface area (TPSA) is 58.6 Å². The molecule has 4 heteroatoms. The van der Waals surface area contributed by atoms with Gasteiger partial charge in [0.2, 0.25) is 0 Å². The van der Waals surface area contributed by atoms with Crippen molar-refractivity contribution in [2.75, 3.05) is 12.4 Å². The third-order valence-electron chi connectivity index (χ3n) is 6.14. The standard InChI is InChI=1S/C24H21NO3/c1-28-20-12-5-4-9-16(20)22-19-13-14-7-2-3-8-15(14)21(19)17-10-6-11-18(24(26)27)23(17)25-22/h2-12,19,21-22,25H,13H2,1H3,(H,26,27)/t19-,21-,22+/m1/s1. The zero-order valence-electron chi connectivity index (χ0n) is 15.6. The second-order valence-corrected chi connectivity index (χ2v) is 7.48. The summed E-state index contributed by atoms with van der Waals surface area (Å²) in [7, 11) is 1.68. The number of rotatable bonds is 3. The van der Waals surface area contributed by atoms with Crippen LogP contribution < -0.4 is 10.1 Å². The molecule has 2 N–H and O–H groups in total.